The van der Waals surface area contributed by atoms with Gasteiger partial charge in [0.15, 0.2) is 0 Å². The summed E-state index contributed by atoms with van der Waals surface area (Å²) in [7, 11) is 0. The quantitative estimate of drug-likeness (QED) is 0.374. The minimum Gasteiger partial charge on any atom is -0.207 e. The third-order valence-electron chi connectivity index (χ3n) is 9.59. The van der Waals surface area contributed by atoms with Crippen LogP contribution in [0.5, 0.6) is 0 Å². The van der Waals surface area contributed by atoms with E-state index in [4.69, 9.17) is 0 Å². The Kier molecular flexibility index (Phi) is 8.68. The molecule has 0 heterocycles. The lowest BCUT2D eigenvalue weighted by atomic mass is 9.60. The maximum Gasteiger partial charge on any atom is 0.129 e. The van der Waals surface area contributed by atoms with E-state index in [2.05, 4.69) is 13.8 Å². The van der Waals surface area contributed by atoms with Crippen molar-refractivity contribution in [3.8, 4) is 0 Å². The third-order valence-corrected chi connectivity index (χ3v) is 9.59. The lowest BCUT2D eigenvalue weighted by Gasteiger charge is -2.45. The minimum atomic E-state index is -0.311. The first-order valence-corrected chi connectivity index (χ1v) is 14.1. The summed E-state index contributed by atoms with van der Waals surface area (Å²) in [5.41, 5.74) is 1.22. The fourth-order valence-corrected chi connectivity index (χ4v) is 7.55. The average molecular weight is 445 g/mol. The molecule has 0 nitrogen and oxygen atoms in total. The third kappa shape index (κ3) is 5.76. The lowest BCUT2D eigenvalue weighted by molar-refractivity contribution is 0.0710. The standard InChI is InChI=1S/C30H46F2/c1-3-5-7-21-9-11-22(12-10-21)23-13-14-25-18-26(16-15-24(25)17-23)27-19-29(31)28(8-6-4-2)30(32)20-27/h19-26H,3-18H2,1-2H3. The summed E-state index contributed by atoms with van der Waals surface area (Å²) in [6.07, 6.45) is 20.2. The fraction of sp³-hybridized carbons (Fsp3) is 0.800. The first-order chi connectivity index (χ1) is 15.6. The van der Waals surface area contributed by atoms with Crippen LogP contribution in [0.3, 0.4) is 0 Å². The van der Waals surface area contributed by atoms with Gasteiger partial charge in [0.05, 0.1) is 0 Å². The number of hydrogen-bond acceptors (Lipinski definition) is 0. The number of fused-ring (bicyclic) bond motifs is 1. The van der Waals surface area contributed by atoms with Gasteiger partial charge in [-0.05, 0) is 117 Å². The topological polar surface area (TPSA) is 0 Å². The van der Waals surface area contributed by atoms with Crippen LogP contribution in [0.25, 0.3) is 0 Å². The fourth-order valence-electron chi connectivity index (χ4n) is 7.55. The van der Waals surface area contributed by atoms with Crippen molar-refractivity contribution in [1.29, 1.82) is 0 Å². The van der Waals surface area contributed by atoms with Gasteiger partial charge < -0.3 is 0 Å². The highest BCUT2D eigenvalue weighted by Gasteiger charge is 2.39. The summed E-state index contributed by atoms with van der Waals surface area (Å²) in [4.78, 5) is 0. The highest BCUT2D eigenvalue weighted by atomic mass is 19.1. The summed E-state index contributed by atoms with van der Waals surface area (Å²) < 4.78 is 29.3. The van der Waals surface area contributed by atoms with Crippen molar-refractivity contribution in [2.24, 2.45) is 29.6 Å². The van der Waals surface area contributed by atoms with Gasteiger partial charge >= 0.3 is 0 Å². The molecule has 1 aromatic rings. The minimum absolute atomic E-state index is 0.300. The van der Waals surface area contributed by atoms with Gasteiger partial charge in [0, 0.05) is 5.56 Å². The Morgan fingerprint density at radius 1 is 0.688 bits per heavy atom. The number of rotatable bonds is 8. The first kappa shape index (κ1) is 24.2. The van der Waals surface area contributed by atoms with Gasteiger partial charge in [-0.1, -0.05) is 52.4 Å². The molecule has 0 bridgehead atoms. The molecule has 180 valence electrons. The van der Waals surface area contributed by atoms with Crippen LogP contribution in [0, 0.1) is 41.2 Å². The van der Waals surface area contributed by atoms with Gasteiger partial charge in [-0.3, -0.25) is 0 Å². The predicted octanol–water partition coefficient (Wildman–Crippen LogP) is 9.60. The molecular weight excluding hydrogens is 398 g/mol. The van der Waals surface area contributed by atoms with Crippen molar-refractivity contribution in [2.75, 3.05) is 0 Å². The van der Waals surface area contributed by atoms with Crippen molar-refractivity contribution < 1.29 is 8.78 Å². The van der Waals surface area contributed by atoms with Crippen LogP contribution in [0.15, 0.2) is 12.1 Å². The Morgan fingerprint density at radius 2 is 1.25 bits per heavy atom. The summed E-state index contributed by atoms with van der Waals surface area (Å²) in [6, 6.07) is 3.34. The van der Waals surface area contributed by atoms with Crippen molar-refractivity contribution in [3.05, 3.63) is 34.9 Å². The summed E-state index contributed by atoms with van der Waals surface area (Å²) in [6.45, 7) is 4.38. The van der Waals surface area contributed by atoms with Crippen LogP contribution in [-0.4, -0.2) is 0 Å². The van der Waals surface area contributed by atoms with Crippen molar-refractivity contribution in [3.63, 3.8) is 0 Å². The SMILES string of the molecule is CCCCc1c(F)cc(C2CCC3CC(C4CCC(CCCC)CC4)CCC3C2)cc1F. The maximum atomic E-state index is 14.6. The van der Waals surface area contributed by atoms with Crippen molar-refractivity contribution in [2.45, 2.75) is 122 Å². The predicted molar refractivity (Wildman–Crippen MR) is 131 cm³/mol. The van der Waals surface area contributed by atoms with Crippen LogP contribution >= 0.6 is 0 Å². The normalized spacial score (nSPS) is 33.1. The molecule has 4 rings (SSSR count). The first-order valence-electron chi connectivity index (χ1n) is 14.1. The Morgan fingerprint density at radius 3 is 1.91 bits per heavy atom. The van der Waals surface area contributed by atoms with Gasteiger partial charge in [-0.15, -0.1) is 0 Å². The Labute approximate surface area is 196 Å². The molecule has 0 spiro atoms. The Bertz CT molecular complexity index is 695. The highest BCUT2D eigenvalue weighted by molar-refractivity contribution is 5.29. The average Bonchev–Trinajstić information content (AvgIpc) is 2.82. The van der Waals surface area contributed by atoms with Gasteiger partial charge in [-0.25, -0.2) is 8.78 Å². The van der Waals surface area contributed by atoms with E-state index in [0.717, 1.165) is 60.8 Å². The van der Waals surface area contributed by atoms with E-state index in [0.29, 0.717) is 17.9 Å². The molecule has 0 aliphatic heterocycles. The van der Waals surface area contributed by atoms with E-state index in [9.17, 15) is 8.78 Å². The van der Waals surface area contributed by atoms with Gasteiger partial charge in [0.2, 0.25) is 0 Å². The zero-order chi connectivity index (χ0) is 22.5. The molecule has 4 unspecified atom stereocenters. The second-order valence-corrected chi connectivity index (χ2v) is 11.6. The van der Waals surface area contributed by atoms with Gasteiger partial charge in [-0.2, -0.15) is 0 Å². The van der Waals surface area contributed by atoms with Crippen LogP contribution < -0.4 is 0 Å². The molecule has 0 aromatic heterocycles. The number of benzene rings is 1. The maximum absolute atomic E-state index is 14.6. The van der Waals surface area contributed by atoms with Crippen molar-refractivity contribution in [1.82, 2.24) is 0 Å². The second kappa shape index (κ2) is 11.5. The highest BCUT2D eigenvalue weighted by Crippen LogP contribution is 2.51. The van der Waals surface area contributed by atoms with E-state index in [1.165, 1.54) is 70.6 Å². The largest absolute Gasteiger partial charge is 0.207 e. The number of halogens is 2. The monoisotopic (exact) mass is 444 g/mol. The van der Waals surface area contributed by atoms with Crippen LogP contribution in [0.1, 0.15) is 127 Å². The lowest BCUT2D eigenvalue weighted by Crippen LogP contribution is -2.34. The van der Waals surface area contributed by atoms with Crippen LogP contribution in [0.2, 0.25) is 0 Å². The number of unbranched alkanes of at least 4 members (excludes halogenated alkanes) is 2. The molecule has 0 saturated heterocycles. The molecule has 3 fully saturated rings. The molecule has 0 N–H and O–H groups in total. The molecule has 3 aliphatic carbocycles. The zero-order valence-corrected chi connectivity index (χ0v) is 20.7. The Balaban J connectivity index is 1.30. The molecule has 3 aliphatic rings. The molecular formula is C30H46F2. The second-order valence-electron chi connectivity index (χ2n) is 11.6. The zero-order valence-electron chi connectivity index (χ0n) is 20.7. The molecule has 0 radical (unpaired) electrons. The van der Waals surface area contributed by atoms with E-state index in [1.54, 1.807) is 12.1 Å². The smallest absolute Gasteiger partial charge is 0.129 e. The van der Waals surface area contributed by atoms with E-state index in [-0.39, 0.29) is 11.6 Å². The molecule has 3 saturated carbocycles. The van der Waals surface area contributed by atoms with Crippen LogP contribution in [-0.2, 0) is 6.42 Å². The summed E-state index contributed by atoms with van der Waals surface area (Å²) >= 11 is 0. The van der Waals surface area contributed by atoms with E-state index >= 15 is 0 Å². The molecule has 4 atom stereocenters. The molecule has 1 aromatic carbocycles. The van der Waals surface area contributed by atoms with Gasteiger partial charge in [0.1, 0.15) is 11.6 Å². The summed E-state index contributed by atoms with van der Waals surface area (Å²) in [5, 5.41) is 0. The van der Waals surface area contributed by atoms with E-state index < -0.39 is 0 Å². The molecule has 32 heavy (non-hydrogen) atoms. The van der Waals surface area contributed by atoms with E-state index in [1.807, 2.05) is 0 Å². The molecule has 0 amide bonds. The van der Waals surface area contributed by atoms with Crippen molar-refractivity contribution >= 4 is 0 Å². The molecule has 2 heteroatoms. The Hall–Kier alpha value is -0.920. The van der Waals surface area contributed by atoms with Gasteiger partial charge in [0.25, 0.3) is 0 Å². The summed E-state index contributed by atoms with van der Waals surface area (Å²) in [5.74, 6) is 4.30. The van der Waals surface area contributed by atoms with Crippen LogP contribution in [0.4, 0.5) is 8.78 Å². The number of hydrogen-bond donors (Lipinski definition) is 0.